The highest BCUT2D eigenvalue weighted by Crippen LogP contribution is 2.21. The number of nitrogens with zero attached hydrogens (tertiary/aromatic N) is 3. The Morgan fingerprint density at radius 2 is 1.88 bits per heavy atom. The van der Waals surface area contributed by atoms with E-state index in [-0.39, 0.29) is 30.0 Å². The molecule has 2 heterocycles. The van der Waals surface area contributed by atoms with Crippen LogP contribution in [-0.2, 0) is 0 Å². The third kappa shape index (κ3) is 7.38. The minimum atomic E-state index is -4.13. The molecule has 2 aliphatic rings. The molecule has 154 valence electrons. The summed E-state index contributed by atoms with van der Waals surface area (Å²) in [6, 6.07) is 0.838. The average molecular weight is 491 g/mol. The Kier molecular flexibility index (Phi) is 9.42. The van der Waals surface area contributed by atoms with E-state index < -0.39 is 12.7 Å². The van der Waals surface area contributed by atoms with Crippen LogP contribution in [0, 0.1) is 5.92 Å². The lowest BCUT2D eigenvalue weighted by molar-refractivity contribution is -0.143. The van der Waals surface area contributed by atoms with Crippen molar-refractivity contribution in [3.63, 3.8) is 0 Å². The summed E-state index contributed by atoms with van der Waals surface area (Å²) < 4.78 is 37.6. The molecule has 2 fully saturated rings. The Morgan fingerprint density at radius 1 is 1.19 bits per heavy atom. The lowest BCUT2D eigenvalue weighted by Crippen LogP contribution is -2.50. The molecule has 0 aromatic carbocycles. The van der Waals surface area contributed by atoms with Crippen molar-refractivity contribution >= 4 is 29.9 Å². The van der Waals surface area contributed by atoms with Crippen LogP contribution in [0.15, 0.2) is 4.99 Å². The second-order valence-electron chi connectivity index (χ2n) is 7.58. The number of alkyl halides is 3. The van der Waals surface area contributed by atoms with Crippen molar-refractivity contribution in [1.82, 2.24) is 20.4 Å². The molecule has 2 aliphatic heterocycles. The summed E-state index contributed by atoms with van der Waals surface area (Å²) in [5, 5.41) is 6.83. The van der Waals surface area contributed by atoms with Gasteiger partial charge in [0.15, 0.2) is 5.96 Å². The molecule has 3 unspecified atom stereocenters. The normalized spacial score (nSPS) is 28.5. The van der Waals surface area contributed by atoms with Gasteiger partial charge in [0.25, 0.3) is 0 Å². The summed E-state index contributed by atoms with van der Waals surface area (Å²) in [7, 11) is 0. The number of halogens is 4. The Morgan fingerprint density at radius 3 is 2.42 bits per heavy atom. The van der Waals surface area contributed by atoms with Crippen LogP contribution >= 0.6 is 24.0 Å². The first kappa shape index (κ1) is 23.7. The van der Waals surface area contributed by atoms with E-state index >= 15 is 0 Å². The van der Waals surface area contributed by atoms with Crippen molar-refractivity contribution in [3.05, 3.63) is 0 Å². The molecule has 0 aromatic rings. The Bertz CT molecular complexity index is 458. The van der Waals surface area contributed by atoms with Gasteiger partial charge in [-0.3, -0.25) is 14.8 Å². The van der Waals surface area contributed by atoms with Crippen molar-refractivity contribution in [3.8, 4) is 0 Å². The van der Waals surface area contributed by atoms with Gasteiger partial charge in [0, 0.05) is 50.8 Å². The van der Waals surface area contributed by atoms with E-state index in [0.717, 1.165) is 19.0 Å². The van der Waals surface area contributed by atoms with Crippen LogP contribution in [0.3, 0.4) is 0 Å². The van der Waals surface area contributed by atoms with Gasteiger partial charge in [0.05, 0.1) is 6.54 Å². The SMILES string of the molecule is CCN=C(NC1CCN(CC(F)(F)F)C1)NC1CN(C(C)C)CC1C.I. The van der Waals surface area contributed by atoms with E-state index in [1.807, 2.05) is 6.92 Å². The van der Waals surface area contributed by atoms with E-state index in [1.54, 1.807) is 0 Å². The number of hydrogen-bond donors (Lipinski definition) is 2. The Labute approximate surface area is 172 Å². The topological polar surface area (TPSA) is 42.9 Å². The van der Waals surface area contributed by atoms with Gasteiger partial charge >= 0.3 is 6.18 Å². The third-order valence-electron chi connectivity index (χ3n) is 5.03. The zero-order valence-corrected chi connectivity index (χ0v) is 18.5. The van der Waals surface area contributed by atoms with Gasteiger partial charge in [0.1, 0.15) is 0 Å². The monoisotopic (exact) mass is 491 g/mol. The maximum absolute atomic E-state index is 12.5. The second-order valence-corrected chi connectivity index (χ2v) is 7.58. The molecule has 26 heavy (non-hydrogen) atoms. The van der Waals surface area contributed by atoms with Crippen molar-refractivity contribution in [1.29, 1.82) is 0 Å². The number of nitrogens with one attached hydrogen (secondary N) is 2. The van der Waals surface area contributed by atoms with Gasteiger partial charge in [-0.05, 0) is 33.1 Å². The summed E-state index contributed by atoms with van der Waals surface area (Å²) in [5.41, 5.74) is 0. The molecule has 2 saturated heterocycles. The molecule has 0 spiro atoms. The van der Waals surface area contributed by atoms with Crippen molar-refractivity contribution in [2.45, 2.75) is 58.4 Å². The van der Waals surface area contributed by atoms with Crippen molar-refractivity contribution < 1.29 is 13.2 Å². The van der Waals surface area contributed by atoms with Crippen LogP contribution in [0.5, 0.6) is 0 Å². The Balaban J connectivity index is 0.00000338. The van der Waals surface area contributed by atoms with Gasteiger partial charge in [-0.15, -0.1) is 24.0 Å². The molecule has 9 heteroatoms. The number of aliphatic imine (C=N–C) groups is 1. The van der Waals surface area contributed by atoms with Crippen LogP contribution in [-0.4, -0.2) is 79.3 Å². The maximum atomic E-state index is 12.5. The summed E-state index contributed by atoms with van der Waals surface area (Å²) in [4.78, 5) is 8.39. The zero-order valence-electron chi connectivity index (χ0n) is 16.1. The van der Waals surface area contributed by atoms with E-state index in [0.29, 0.717) is 44.1 Å². The highest BCUT2D eigenvalue weighted by Gasteiger charge is 2.35. The fourth-order valence-electron chi connectivity index (χ4n) is 3.62. The molecule has 0 aromatic heterocycles. The summed E-state index contributed by atoms with van der Waals surface area (Å²) in [6.45, 7) is 11.3. The minimum Gasteiger partial charge on any atom is -0.352 e. The number of likely N-dealkylation sites (tertiary alicyclic amines) is 2. The predicted octanol–water partition coefficient (Wildman–Crippen LogP) is 2.52. The molecule has 0 saturated carbocycles. The van der Waals surface area contributed by atoms with Crippen LogP contribution in [0.1, 0.15) is 34.1 Å². The molecular formula is C17H33F3IN5. The fourth-order valence-corrected chi connectivity index (χ4v) is 3.62. The van der Waals surface area contributed by atoms with Crippen LogP contribution in [0.4, 0.5) is 13.2 Å². The predicted molar refractivity (Wildman–Crippen MR) is 110 cm³/mol. The number of guanidine groups is 1. The zero-order chi connectivity index (χ0) is 18.6. The number of rotatable bonds is 5. The van der Waals surface area contributed by atoms with Crippen LogP contribution in [0.2, 0.25) is 0 Å². The highest BCUT2D eigenvalue weighted by molar-refractivity contribution is 14.0. The quantitative estimate of drug-likeness (QED) is 0.353. The largest absolute Gasteiger partial charge is 0.401 e. The summed E-state index contributed by atoms with van der Waals surface area (Å²) >= 11 is 0. The fraction of sp³-hybridized carbons (Fsp3) is 0.941. The van der Waals surface area contributed by atoms with Crippen LogP contribution in [0.25, 0.3) is 0 Å². The van der Waals surface area contributed by atoms with Crippen molar-refractivity contribution in [2.75, 3.05) is 39.3 Å². The molecule has 0 radical (unpaired) electrons. The van der Waals surface area contributed by atoms with Gasteiger partial charge in [0.2, 0.25) is 0 Å². The first-order valence-corrected chi connectivity index (χ1v) is 9.28. The molecule has 0 amide bonds. The average Bonchev–Trinajstić information content (AvgIpc) is 3.05. The maximum Gasteiger partial charge on any atom is 0.401 e. The van der Waals surface area contributed by atoms with Gasteiger partial charge in [-0.2, -0.15) is 13.2 Å². The third-order valence-corrected chi connectivity index (χ3v) is 5.03. The van der Waals surface area contributed by atoms with Crippen LogP contribution < -0.4 is 10.6 Å². The second kappa shape index (κ2) is 10.3. The molecular weight excluding hydrogens is 458 g/mol. The van der Waals surface area contributed by atoms with E-state index in [9.17, 15) is 13.2 Å². The van der Waals surface area contributed by atoms with E-state index in [1.165, 1.54) is 4.90 Å². The first-order valence-electron chi connectivity index (χ1n) is 9.28. The van der Waals surface area contributed by atoms with E-state index in [4.69, 9.17) is 0 Å². The summed E-state index contributed by atoms with van der Waals surface area (Å²) in [6.07, 6.45) is -3.42. The van der Waals surface area contributed by atoms with E-state index in [2.05, 4.69) is 41.3 Å². The minimum absolute atomic E-state index is 0. The van der Waals surface area contributed by atoms with Gasteiger partial charge < -0.3 is 10.6 Å². The lowest BCUT2D eigenvalue weighted by Gasteiger charge is -2.24. The smallest absolute Gasteiger partial charge is 0.352 e. The molecule has 0 bridgehead atoms. The van der Waals surface area contributed by atoms with Crippen molar-refractivity contribution in [2.24, 2.45) is 10.9 Å². The standard InChI is InChI=1S/C17H32F3N5.HI/c1-5-21-16(23-15-10-25(12(2)3)8-13(15)4)22-14-6-7-24(9-14)11-17(18,19)20;/h12-15H,5-11H2,1-4H3,(H2,21,22,23);1H. The number of hydrogen-bond acceptors (Lipinski definition) is 3. The highest BCUT2D eigenvalue weighted by atomic mass is 127. The van der Waals surface area contributed by atoms with Gasteiger partial charge in [-0.25, -0.2) is 0 Å². The Hall–Kier alpha value is -0.290. The summed E-state index contributed by atoms with van der Waals surface area (Å²) in [5.74, 6) is 1.24. The molecule has 5 nitrogen and oxygen atoms in total. The first-order chi connectivity index (χ1) is 11.7. The van der Waals surface area contributed by atoms with Gasteiger partial charge in [-0.1, -0.05) is 6.92 Å². The molecule has 2 N–H and O–H groups in total. The molecule has 3 atom stereocenters. The lowest BCUT2D eigenvalue weighted by atomic mass is 10.1. The molecule has 0 aliphatic carbocycles. The molecule has 2 rings (SSSR count).